The van der Waals surface area contributed by atoms with Crippen LogP contribution in [0.5, 0.6) is 0 Å². The third kappa shape index (κ3) is 4.80. The third-order valence-corrected chi connectivity index (χ3v) is 5.93. The fraction of sp³-hybridized carbons (Fsp3) is 0.478. The molecule has 7 heteroatoms. The number of nitrogens with zero attached hydrogens (tertiary/aromatic N) is 2. The maximum atomic E-state index is 12.9. The van der Waals surface area contributed by atoms with Gasteiger partial charge >= 0.3 is 0 Å². The van der Waals surface area contributed by atoms with Crippen LogP contribution >= 0.6 is 0 Å². The third-order valence-electron chi connectivity index (χ3n) is 5.93. The Bertz CT molecular complexity index is 873. The normalized spacial score (nSPS) is 18.3. The van der Waals surface area contributed by atoms with Gasteiger partial charge in [-0.1, -0.05) is 24.3 Å². The van der Waals surface area contributed by atoms with Crippen molar-refractivity contribution in [3.8, 4) is 11.1 Å². The van der Waals surface area contributed by atoms with Crippen LogP contribution in [-0.2, 0) is 16.0 Å². The van der Waals surface area contributed by atoms with Crippen LogP contribution in [-0.4, -0.2) is 61.3 Å². The number of carbonyl (C=O) groups is 1. The van der Waals surface area contributed by atoms with Gasteiger partial charge in [-0.25, -0.2) is 4.98 Å². The highest BCUT2D eigenvalue weighted by Crippen LogP contribution is 2.28. The number of benzene rings is 1. The number of nitrogens with two attached hydrogens (primary N) is 1. The minimum absolute atomic E-state index is 0.119. The Morgan fingerprint density at radius 3 is 2.50 bits per heavy atom. The van der Waals surface area contributed by atoms with Crippen molar-refractivity contribution in [1.82, 2.24) is 15.2 Å². The maximum Gasteiger partial charge on any atom is 0.255 e. The second kappa shape index (κ2) is 9.55. The van der Waals surface area contributed by atoms with Crippen LogP contribution in [0, 0.1) is 6.92 Å². The van der Waals surface area contributed by atoms with Gasteiger partial charge in [0.2, 0.25) is 0 Å². The van der Waals surface area contributed by atoms with Crippen molar-refractivity contribution in [2.45, 2.75) is 32.4 Å². The molecule has 0 atom stereocenters. The van der Waals surface area contributed by atoms with E-state index in [9.17, 15) is 4.79 Å². The summed E-state index contributed by atoms with van der Waals surface area (Å²) >= 11 is 0. The number of rotatable bonds is 5. The SMILES string of the molecule is Cc1c(-c2ccc(CN3CCOCC3)cc2)cnc(N)c1C(=O)NC1CCOCC1. The maximum absolute atomic E-state index is 12.9. The Labute approximate surface area is 177 Å². The first kappa shape index (κ1) is 20.8. The number of pyridine rings is 1. The largest absolute Gasteiger partial charge is 0.383 e. The van der Waals surface area contributed by atoms with E-state index in [1.165, 1.54) is 5.56 Å². The van der Waals surface area contributed by atoms with Gasteiger partial charge < -0.3 is 20.5 Å². The van der Waals surface area contributed by atoms with Gasteiger partial charge in [-0.3, -0.25) is 9.69 Å². The lowest BCUT2D eigenvalue weighted by molar-refractivity contribution is 0.0342. The van der Waals surface area contributed by atoms with E-state index in [-0.39, 0.29) is 17.8 Å². The van der Waals surface area contributed by atoms with Gasteiger partial charge in [0.15, 0.2) is 0 Å². The molecule has 4 rings (SSSR count). The summed E-state index contributed by atoms with van der Waals surface area (Å²) in [5.74, 6) is 0.111. The average molecular weight is 411 g/mol. The minimum Gasteiger partial charge on any atom is -0.383 e. The quantitative estimate of drug-likeness (QED) is 0.787. The molecule has 0 saturated carbocycles. The molecular weight excluding hydrogens is 380 g/mol. The van der Waals surface area contributed by atoms with Crippen molar-refractivity contribution in [2.75, 3.05) is 45.3 Å². The van der Waals surface area contributed by atoms with Crippen molar-refractivity contribution in [1.29, 1.82) is 0 Å². The number of ether oxygens (including phenoxy) is 2. The summed E-state index contributed by atoms with van der Waals surface area (Å²) in [4.78, 5) is 19.6. The van der Waals surface area contributed by atoms with Gasteiger partial charge in [0, 0.05) is 50.7 Å². The number of morpholine rings is 1. The molecule has 1 aromatic heterocycles. The first-order chi connectivity index (χ1) is 14.6. The molecule has 2 aliphatic rings. The number of amides is 1. The summed E-state index contributed by atoms with van der Waals surface area (Å²) in [6, 6.07) is 8.59. The van der Waals surface area contributed by atoms with E-state index >= 15 is 0 Å². The van der Waals surface area contributed by atoms with Crippen molar-refractivity contribution >= 4 is 11.7 Å². The van der Waals surface area contributed by atoms with Crippen molar-refractivity contribution in [3.63, 3.8) is 0 Å². The Balaban J connectivity index is 1.51. The zero-order chi connectivity index (χ0) is 20.9. The number of carbonyl (C=O) groups excluding carboxylic acids is 1. The number of anilines is 1. The summed E-state index contributed by atoms with van der Waals surface area (Å²) in [6.07, 6.45) is 3.40. The number of aromatic nitrogens is 1. The summed E-state index contributed by atoms with van der Waals surface area (Å²) < 4.78 is 10.8. The minimum atomic E-state index is -0.157. The molecule has 2 fully saturated rings. The molecule has 0 radical (unpaired) electrons. The molecule has 2 saturated heterocycles. The van der Waals surface area contributed by atoms with Crippen LogP contribution in [0.15, 0.2) is 30.5 Å². The highest BCUT2D eigenvalue weighted by molar-refractivity contribution is 6.01. The van der Waals surface area contributed by atoms with E-state index in [2.05, 4.69) is 39.5 Å². The van der Waals surface area contributed by atoms with Gasteiger partial charge in [0.25, 0.3) is 5.91 Å². The predicted octanol–water partition coefficient (Wildman–Crippen LogP) is 2.38. The molecule has 1 amide bonds. The number of hydrogen-bond donors (Lipinski definition) is 2. The van der Waals surface area contributed by atoms with Gasteiger partial charge in [0.1, 0.15) is 5.82 Å². The van der Waals surface area contributed by atoms with E-state index in [0.717, 1.165) is 62.4 Å². The Hall–Kier alpha value is -2.48. The lowest BCUT2D eigenvalue weighted by Crippen LogP contribution is -2.39. The summed E-state index contributed by atoms with van der Waals surface area (Å²) in [6.45, 7) is 7.74. The second-order valence-corrected chi connectivity index (χ2v) is 8.00. The first-order valence-electron chi connectivity index (χ1n) is 10.6. The highest BCUT2D eigenvalue weighted by Gasteiger charge is 2.22. The van der Waals surface area contributed by atoms with E-state index in [1.807, 2.05) is 6.92 Å². The second-order valence-electron chi connectivity index (χ2n) is 8.00. The molecule has 3 N–H and O–H groups in total. The summed E-state index contributed by atoms with van der Waals surface area (Å²) in [7, 11) is 0. The topological polar surface area (TPSA) is 89.7 Å². The Morgan fingerprint density at radius 1 is 1.13 bits per heavy atom. The summed E-state index contributed by atoms with van der Waals surface area (Å²) in [5, 5.41) is 3.10. The fourth-order valence-corrected chi connectivity index (χ4v) is 4.11. The van der Waals surface area contributed by atoms with Crippen LogP contribution < -0.4 is 11.1 Å². The van der Waals surface area contributed by atoms with Crippen LogP contribution in [0.4, 0.5) is 5.82 Å². The molecule has 2 aromatic rings. The zero-order valence-electron chi connectivity index (χ0n) is 17.5. The number of hydrogen-bond acceptors (Lipinski definition) is 6. The van der Waals surface area contributed by atoms with Crippen LogP contribution in [0.2, 0.25) is 0 Å². The Kier molecular flexibility index (Phi) is 6.62. The number of nitrogens with one attached hydrogen (secondary N) is 1. The molecule has 0 bridgehead atoms. The average Bonchev–Trinajstić information content (AvgIpc) is 2.76. The zero-order valence-corrected chi connectivity index (χ0v) is 17.5. The Morgan fingerprint density at radius 2 is 1.80 bits per heavy atom. The molecule has 0 aliphatic carbocycles. The lowest BCUT2D eigenvalue weighted by atomic mass is 9.97. The molecule has 0 unspecified atom stereocenters. The molecule has 1 aromatic carbocycles. The fourth-order valence-electron chi connectivity index (χ4n) is 4.11. The van der Waals surface area contributed by atoms with Gasteiger partial charge in [-0.2, -0.15) is 0 Å². The molecule has 160 valence electrons. The van der Waals surface area contributed by atoms with Gasteiger partial charge in [0.05, 0.1) is 18.8 Å². The van der Waals surface area contributed by atoms with Crippen molar-refractivity contribution in [2.24, 2.45) is 0 Å². The molecular formula is C23H30N4O3. The van der Waals surface area contributed by atoms with E-state index in [1.54, 1.807) is 6.20 Å². The molecule has 7 nitrogen and oxygen atoms in total. The van der Waals surface area contributed by atoms with Crippen molar-refractivity contribution < 1.29 is 14.3 Å². The van der Waals surface area contributed by atoms with Gasteiger partial charge in [-0.15, -0.1) is 0 Å². The highest BCUT2D eigenvalue weighted by atomic mass is 16.5. The van der Waals surface area contributed by atoms with Crippen LogP contribution in [0.25, 0.3) is 11.1 Å². The van der Waals surface area contributed by atoms with E-state index < -0.39 is 0 Å². The van der Waals surface area contributed by atoms with Crippen molar-refractivity contribution in [3.05, 3.63) is 47.2 Å². The molecule has 0 spiro atoms. The van der Waals surface area contributed by atoms with Gasteiger partial charge in [-0.05, 0) is 36.5 Å². The van der Waals surface area contributed by atoms with E-state index in [4.69, 9.17) is 15.2 Å². The monoisotopic (exact) mass is 410 g/mol. The predicted molar refractivity (Wildman–Crippen MR) is 116 cm³/mol. The molecule has 3 heterocycles. The van der Waals surface area contributed by atoms with E-state index in [0.29, 0.717) is 18.8 Å². The smallest absolute Gasteiger partial charge is 0.255 e. The standard InChI is InChI=1S/C23H30N4O3/c1-16-20(18-4-2-17(3-5-18)15-27-8-12-30-13-9-27)14-25-22(24)21(16)23(28)26-19-6-10-29-11-7-19/h2-5,14,19H,6-13,15H2,1H3,(H2,24,25)(H,26,28). The molecule has 2 aliphatic heterocycles. The first-order valence-corrected chi connectivity index (χ1v) is 10.6. The summed E-state index contributed by atoms with van der Waals surface area (Å²) in [5.41, 5.74) is 10.6. The lowest BCUT2D eigenvalue weighted by Gasteiger charge is -2.26. The van der Waals surface area contributed by atoms with Crippen LogP contribution in [0.1, 0.15) is 34.3 Å². The molecule has 30 heavy (non-hydrogen) atoms. The number of nitrogen functional groups attached to an aromatic ring is 1. The van der Waals surface area contributed by atoms with Crippen LogP contribution in [0.3, 0.4) is 0 Å².